The van der Waals surface area contributed by atoms with Crippen LogP contribution in [0.4, 0.5) is 0 Å². The molecule has 18 heavy (non-hydrogen) atoms. The van der Waals surface area contributed by atoms with E-state index in [4.69, 9.17) is 9.47 Å². The van der Waals surface area contributed by atoms with Crippen molar-refractivity contribution in [2.24, 2.45) is 0 Å². The Labute approximate surface area is 108 Å². The second-order valence-electron chi connectivity index (χ2n) is 4.13. The van der Waals surface area contributed by atoms with Crippen molar-refractivity contribution >= 4 is 0 Å². The predicted molar refractivity (Wildman–Crippen MR) is 72.5 cm³/mol. The van der Waals surface area contributed by atoms with Crippen LogP contribution < -0.4 is 9.47 Å². The first-order valence-electron chi connectivity index (χ1n) is 6.00. The van der Waals surface area contributed by atoms with Gasteiger partial charge in [-0.2, -0.15) is 0 Å². The van der Waals surface area contributed by atoms with E-state index in [0.29, 0.717) is 0 Å². The van der Waals surface area contributed by atoms with Gasteiger partial charge in [-0.25, -0.2) is 0 Å². The molecular weight excluding hydrogens is 224 g/mol. The number of ether oxygens (including phenoxy) is 2. The molecule has 0 spiro atoms. The summed E-state index contributed by atoms with van der Waals surface area (Å²) in [6, 6.07) is 19.3. The second kappa shape index (κ2) is 5.58. The summed E-state index contributed by atoms with van der Waals surface area (Å²) in [6.45, 7) is 3.82. The molecule has 2 heteroatoms. The molecule has 0 fully saturated rings. The monoisotopic (exact) mass is 241 g/mol. The smallest absolute Gasteiger partial charge is 0.251 e. The van der Waals surface area contributed by atoms with Gasteiger partial charge < -0.3 is 9.47 Å². The predicted octanol–water partition coefficient (Wildman–Crippen LogP) is 4.08. The van der Waals surface area contributed by atoms with Gasteiger partial charge in [0.15, 0.2) is 0 Å². The first-order valence-corrected chi connectivity index (χ1v) is 6.00. The SMILES string of the molecule is C[CH]C(C)(Oc1ccccc1)Oc1ccccc1. The Bertz CT molecular complexity index is 423. The minimum absolute atomic E-state index is 0.775. The van der Waals surface area contributed by atoms with Crippen LogP contribution in [-0.4, -0.2) is 5.79 Å². The van der Waals surface area contributed by atoms with E-state index >= 15 is 0 Å². The van der Waals surface area contributed by atoms with E-state index in [1.807, 2.05) is 80.9 Å². The van der Waals surface area contributed by atoms with Gasteiger partial charge in [0.05, 0.1) is 0 Å². The Balaban J connectivity index is 2.11. The third kappa shape index (κ3) is 3.27. The molecule has 0 aliphatic rings. The van der Waals surface area contributed by atoms with E-state index in [1.54, 1.807) is 0 Å². The van der Waals surface area contributed by atoms with Crippen molar-refractivity contribution in [3.63, 3.8) is 0 Å². The maximum absolute atomic E-state index is 5.88. The molecule has 0 aliphatic carbocycles. The molecule has 0 saturated carbocycles. The molecular formula is C16H17O2. The molecule has 93 valence electrons. The molecule has 0 amide bonds. The third-order valence-corrected chi connectivity index (χ3v) is 2.65. The zero-order chi connectivity index (χ0) is 12.8. The highest BCUT2D eigenvalue weighted by Crippen LogP contribution is 2.24. The Hall–Kier alpha value is -1.96. The number of benzene rings is 2. The van der Waals surface area contributed by atoms with Gasteiger partial charge in [-0.05, 0) is 24.3 Å². The van der Waals surface area contributed by atoms with E-state index in [1.165, 1.54) is 0 Å². The molecule has 1 radical (unpaired) electrons. The zero-order valence-corrected chi connectivity index (χ0v) is 10.7. The topological polar surface area (TPSA) is 18.5 Å². The highest BCUT2D eigenvalue weighted by atomic mass is 16.7. The van der Waals surface area contributed by atoms with Crippen LogP contribution in [0.1, 0.15) is 13.8 Å². The maximum Gasteiger partial charge on any atom is 0.251 e. The first-order chi connectivity index (χ1) is 8.72. The Morgan fingerprint density at radius 3 is 1.50 bits per heavy atom. The van der Waals surface area contributed by atoms with Crippen molar-refractivity contribution in [1.29, 1.82) is 0 Å². The van der Waals surface area contributed by atoms with Crippen LogP contribution in [0.3, 0.4) is 0 Å². The van der Waals surface area contributed by atoms with Crippen molar-refractivity contribution in [3.05, 3.63) is 67.1 Å². The summed E-state index contributed by atoms with van der Waals surface area (Å²) in [6.07, 6.45) is 1.90. The number of hydrogen-bond acceptors (Lipinski definition) is 2. The Kier molecular flexibility index (Phi) is 3.88. The molecule has 2 aromatic rings. The van der Waals surface area contributed by atoms with Gasteiger partial charge in [0.25, 0.3) is 5.79 Å². The van der Waals surface area contributed by atoms with Crippen molar-refractivity contribution < 1.29 is 9.47 Å². The van der Waals surface area contributed by atoms with Crippen LogP contribution in [0, 0.1) is 6.42 Å². The summed E-state index contributed by atoms with van der Waals surface area (Å²) < 4.78 is 11.8. The molecule has 0 aromatic heterocycles. The van der Waals surface area contributed by atoms with E-state index in [2.05, 4.69) is 0 Å². The fourth-order valence-corrected chi connectivity index (χ4v) is 1.58. The summed E-state index contributed by atoms with van der Waals surface area (Å²) in [5.74, 6) is 0.797. The van der Waals surface area contributed by atoms with Crippen LogP contribution in [-0.2, 0) is 0 Å². The van der Waals surface area contributed by atoms with Crippen LogP contribution in [0.25, 0.3) is 0 Å². The van der Waals surface area contributed by atoms with E-state index < -0.39 is 5.79 Å². The van der Waals surface area contributed by atoms with Gasteiger partial charge in [-0.1, -0.05) is 43.3 Å². The average Bonchev–Trinajstić information content (AvgIpc) is 2.41. The highest BCUT2D eigenvalue weighted by Gasteiger charge is 2.26. The first kappa shape index (κ1) is 12.5. The lowest BCUT2D eigenvalue weighted by Gasteiger charge is -2.30. The molecule has 2 aromatic carbocycles. The number of para-hydroxylation sites is 2. The molecule has 2 nitrogen and oxygen atoms in total. The van der Waals surface area contributed by atoms with Gasteiger partial charge in [0, 0.05) is 13.3 Å². The highest BCUT2D eigenvalue weighted by molar-refractivity contribution is 5.24. The molecule has 0 unspecified atom stereocenters. The molecule has 0 atom stereocenters. The van der Waals surface area contributed by atoms with Crippen molar-refractivity contribution in [2.75, 3.05) is 0 Å². The quantitative estimate of drug-likeness (QED) is 0.734. The van der Waals surface area contributed by atoms with Gasteiger partial charge in [0.1, 0.15) is 11.5 Å². The summed E-state index contributed by atoms with van der Waals surface area (Å²) in [5, 5.41) is 0. The molecule has 0 heterocycles. The fourth-order valence-electron chi connectivity index (χ4n) is 1.58. The minimum Gasteiger partial charge on any atom is -0.452 e. The van der Waals surface area contributed by atoms with E-state index in [0.717, 1.165) is 11.5 Å². The summed E-state index contributed by atoms with van der Waals surface area (Å²) in [4.78, 5) is 0. The van der Waals surface area contributed by atoms with Crippen molar-refractivity contribution in [2.45, 2.75) is 19.6 Å². The van der Waals surface area contributed by atoms with Crippen molar-refractivity contribution in [1.82, 2.24) is 0 Å². The minimum atomic E-state index is -0.775. The summed E-state index contributed by atoms with van der Waals surface area (Å²) >= 11 is 0. The third-order valence-electron chi connectivity index (χ3n) is 2.65. The van der Waals surface area contributed by atoms with Crippen LogP contribution in [0.5, 0.6) is 11.5 Å². The standard InChI is InChI=1S/C16H17O2/c1-3-16(2,17-14-10-6-4-7-11-14)18-15-12-8-5-9-13-15/h3-13H,1-2H3. The molecule has 0 saturated heterocycles. The van der Waals surface area contributed by atoms with Gasteiger partial charge in [-0.15, -0.1) is 0 Å². The maximum atomic E-state index is 5.88. The second-order valence-corrected chi connectivity index (χ2v) is 4.13. The lowest BCUT2D eigenvalue weighted by atomic mass is 10.2. The van der Waals surface area contributed by atoms with Gasteiger partial charge in [-0.3, -0.25) is 0 Å². The lowest BCUT2D eigenvalue weighted by molar-refractivity contribution is -0.0681. The lowest BCUT2D eigenvalue weighted by Crippen LogP contribution is -2.38. The number of rotatable bonds is 5. The normalized spacial score (nSPS) is 11.0. The number of hydrogen-bond donors (Lipinski definition) is 0. The summed E-state index contributed by atoms with van der Waals surface area (Å²) in [7, 11) is 0. The Morgan fingerprint density at radius 2 is 1.17 bits per heavy atom. The van der Waals surface area contributed by atoms with E-state index in [9.17, 15) is 0 Å². The zero-order valence-electron chi connectivity index (χ0n) is 10.7. The van der Waals surface area contributed by atoms with Crippen LogP contribution >= 0.6 is 0 Å². The van der Waals surface area contributed by atoms with E-state index in [-0.39, 0.29) is 0 Å². The van der Waals surface area contributed by atoms with Gasteiger partial charge in [0.2, 0.25) is 0 Å². The van der Waals surface area contributed by atoms with Gasteiger partial charge >= 0.3 is 0 Å². The summed E-state index contributed by atoms with van der Waals surface area (Å²) in [5.41, 5.74) is 0. The molecule has 0 aliphatic heterocycles. The van der Waals surface area contributed by atoms with Crippen LogP contribution in [0.15, 0.2) is 60.7 Å². The van der Waals surface area contributed by atoms with Crippen LogP contribution in [0.2, 0.25) is 0 Å². The van der Waals surface area contributed by atoms with Crippen molar-refractivity contribution in [3.8, 4) is 11.5 Å². The molecule has 0 bridgehead atoms. The Morgan fingerprint density at radius 1 is 0.778 bits per heavy atom. The fraction of sp³-hybridized carbons (Fsp3) is 0.188. The average molecular weight is 241 g/mol. The largest absolute Gasteiger partial charge is 0.452 e. The molecule has 2 rings (SSSR count). The molecule has 0 N–H and O–H groups in total.